The highest BCUT2D eigenvalue weighted by Gasteiger charge is 2.71. The van der Waals surface area contributed by atoms with E-state index in [0.717, 1.165) is 268 Å². The minimum absolute atomic E-state index is 0.799. The Morgan fingerprint density at radius 1 is 0.156 bits per heavy atom. The molecule has 25 rings (SSSR count). The zero-order chi connectivity index (χ0) is 80.0. The van der Waals surface area contributed by atoms with E-state index in [1.165, 1.54) is 12.8 Å². The highest BCUT2D eigenvalue weighted by molar-refractivity contribution is 6.65. The lowest BCUT2D eigenvalue weighted by molar-refractivity contribution is -0.158. The molecule has 122 heavy (non-hydrogen) atoms. The van der Waals surface area contributed by atoms with E-state index < -0.39 is 0 Å². The van der Waals surface area contributed by atoms with Gasteiger partial charge in [0.2, 0.25) is 0 Å². The lowest BCUT2D eigenvalue weighted by Crippen LogP contribution is -2.78. The van der Waals surface area contributed by atoms with E-state index in [2.05, 4.69) is 14.7 Å². The van der Waals surface area contributed by atoms with Crippen molar-refractivity contribution in [2.75, 3.05) is 0 Å². The molecule has 25 fully saturated rings. The number of hydrogen-bond donors (Lipinski definition) is 0. The molecule has 0 aromatic rings. The van der Waals surface area contributed by atoms with Gasteiger partial charge in [-0.25, -0.2) is 0 Å². The molecule has 2 heterocycles. The van der Waals surface area contributed by atoms with Gasteiger partial charge in [0.15, 0.2) is 6.71 Å². The van der Waals surface area contributed by atoms with Crippen LogP contribution in [0.1, 0.15) is 475 Å². The zero-order valence-corrected chi connectivity index (χ0v) is 79.6. The molecular weight excluding hydrogens is 1470 g/mol. The Bertz CT molecular complexity index is 3090. The Hall–Kier alpha value is -0.0551. The van der Waals surface area contributed by atoms with Gasteiger partial charge in [0.25, 0.3) is 0 Å². The summed E-state index contributed by atoms with van der Waals surface area (Å²) in [6, 6.07) is 7.68. The zero-order valence-electron chi connectivity index (χ0n) is 79.6. The fourth-order valence-corrected chi connectivity index (χ4v) is 46.8. The van der Waals surface area contributed by atoms with Gasteiger partial charge in [-0.1, -0.05) is 308 Å². The normalized spacial score (nSPS) is 52.3. The molecule has 30 atom stereocenters. The third-order valence-electron chi connectivity index (χ3n) is 50.4. The van der Waals surface area contributed by atoms with Crippen molar-refractivity contribution in [3.63, 3.8) is 0 Å². The second-order valence-electron chi connectivity index (χ2n) is 54.1. The first-order valence-electron chi connectivity index (χ1n) is 59.9. The monoisotopic (exact) mass is 1660 g/mol. The molecule has 23 aliphatic carbocycles. The van der Waals surface area contributed by atoms with Gasteiger partial charge in [0.05, 0.1) is 0 Å². The van der Waals surface area contributed by atoms with E-state index in [1.807, 2.05) is 0 Å². The Kier molecular flexibility index (Phi) is 25.1. The van der Waals surface area contributed by atoms with E-state index >= 15 is 0 Å². The van der Waals surface area contributed by atoms with Gasteiger partial charge in [0, 0.05) is 54.4 Å². The van der Waals surface area contributed by atoms with Crippen LogP contribution in [-0.2, 0) is 0 Å². The van der Waals surface area contributed by atoms with E-state index in [0.29, 0.717) is 0 Å². The van der Waals surface area contributed by atoms with Crippen LogP contribution in [0.5, 0.6) is 0 Å². The van der Waals surface area contributed by atoms with Gasteiger partial charge in [-0.05, 0) is 374 Å². The molecule has 25 aliphatic rings. The summed E-state index contributed by atoms with van der Waals surface area (Å²) >= 11 is 0. The van der Waals surface area contributed by atoms with E-state index in [9.17, 15) is 0 Å². The first-order valence-corrected chi connectivity index (χ1v) is 59.9. The summed E-state index contributed by atoms with van der Waals surface area (Å²) in [4.78, 5) is 12.1. The highest BCUT2D eigenvalue weighted by Crippen LogP contribution is 2.73. The van der Waals surface area contributed by atoms with Crippen LogP contribution in [0, 0.1) is 189 Å². The third kappa shape index (κ3) is 15.2. The second kappa shape index (κ2) is 36.6. The molecule has 0 bridgehead atoms. The average molecular weight is 1660 g/mol. The summed E-state index contributed by atoms with van der Waals surface area (Å²) in [6.07, 6.45) is 119. The van der Waals surface area contributed by atoms with Crippen molar-refractivity contribution in [1.29, 1.82) is 0 Å². The Balaban J connectivity index is 0.658. The summed E-state index contributed by atoms with van der Waals surface area (Å²) < 4.78 is 0. The summed E-state index contributed by atoms with van der Waals surface area (Å²) in [6.45, 7) is 1.00. The molecule has 0 aromatic carbocycles. The van der Waals surface area contributed by atoms with Crippen LogP contribution in [0.3, 0.4) is 0 Å². The van der Waals surface area contributed by atoms with Crippen LogP contribution >= 0.6 is 0 Å². The van der Waals surface area contributed by atoms with Gasteiger partial charge >= 0.3 is 0 Å². The molecule has 0 spiro atoms. The molecular formula is C118H192BN3. The quantitative estimate of drug-likeness (QED) is 0.170. The van der Waals surface area contributed by atoms with Crippen LogP contribution < -0.4 is 0 Å². The van der Waals surface area contributed by atoms with Crippen molar-refractivity contribution in [2.24, 2.45) is 189 Å². The summed E-state index contributed by atoms with van der Waals surface area (Å²) in [5.74, 6) is 37.0. The van der Waals surface area contributed by atoms with Gasteiger partial charge in [-0.3, -0.25) is 14.7 Å². The van der Waals surface area contributed by atoms with Gasteiger partial charge in [-0.2, -0.15) is 0 Å². The third-order valence-corrected chi connectivity index (χ3v) is 50.4. The van der Waals surface area contributed by atoms with Crippen molar-refractivity contribution in [3.05, 3.63) is 0 Å². The first kappa shape index (κ1) is 83.7. The lowest BCUT2D eigenvalue weighted by Gasteiger charge is -2.73. The Labute approximate surface area is 752 Å². The predicted octanol–water partition coefficient (Wildman–Crippen LogP) is 31.7. The molecule has 23 saturated carbocycles. The fraction of sp³-hybridized carbons (Fsp3) is 1.00. The average Bonchev–Trinajstić information content (AvgIpc) is 0.686. The number of fused-ring (bicyclic) bond motifs is 8. The maximum atomic E-state index is 4.13. The number of hydrogen-bond acceptors (Lipinski definition) is 3. The minimum atomic E-state index is 0.799. The molecule has 0 radical (unpaired) electrons. The molecule has 3 nitrogen and oxygen atoms in total. The van der Waals surface area contributed by atoms with Gasteiger partial charge in [-0.15, -0.1) is 0 Å². The van der Waals surface area contributed by atoms with Crippen LogP contribution in [0.15, 0.2) is 0 Å². The van der Waals surface area contributed by atoms with E-state index in [4.69, 9.17) is 0 Å². The van der Waals surface area contributed by atoms with Gasteiger partial charge in [0.1, 0.15) is 0 Å². The van der Waals surface area contributed by atoms with Crippen molar-refractivity contribution >= 4 is 6.71 Å². The summed E-state index contributed by atoms with van der Waals surface area (Å²) in [5, 5.41) is 0. The second-order valence-corrected chi connectivity index (χ2v) is 54.1. The maximum absolute atomic E-state index is 4.13. The molecule has 4 heteroatoms. The topological polar surface area (TPSA) is 9.72 Å². The van der Waals surface area contributed by atoms with Crippen molar-refractivity contribution in [1.82, 2.24) is 14.7 Å². The predicted molar refractivity (Wildman–Crippen MR) is 510 cm³/mol. The van der Waals surface area contributed by atoms with Crippen LogP contribution in [0.25, 0.3) is 0 Å². The highest BCUT2D eigenvalue weighted by atomic mass is 15.3. The molecule has 30 unspecified atom stereocenters. The molecule has 2 saturated heterocycles. The molecule has 2 aliphatic heterocycles. The van der Waals surface area contributed by atoms with E-state index in [-0.39, 0.29) is 0 Å². The van der Waals surface area contributed by atoms with Crippen molar-refractivity contribution in [2.45, 2.75) is 547 Å². The minimum Gasteiger partial charge on any atom is -0.295 e. The lowest BCUT2D eigenvalue weighted by atomic mass is 9.18. The van der Waals surface area contributed by atoms with Crippen molar-refractivity contribution < 1.29 is 0 Å². The summed E-state index contributed by atoms with van der Waals surface area (Å²) in [7, 11) is 0. The number of nitrogens with zero attached hydrogens (tertiary/aromatic N) is 3. The fourth-order valence-electron chi connectivity index (χ4n) is 46.8. The molecule has 0 aromatic heterocycles. The first-order chi connectivity index (χ1) is 60.5. The summed E-state index contributed by atoms with van der Waals surface area (Å²) in [5.41, 5.74) is 0. The molecule has 0 amide bonds. The Morgan fingerprint density at radius 3 is 0.754 bits per heavy atom. The maximum Gasteiger partial charge on any atom is 0.156 e. The van der Waals surface area contributed by atoms with Crippen molar-refractivity contribution in [3.8, 4) is 0 Å². The van der Waals surface area contributed by atoms with Crippen LogP contribution in [0.4, 0.5) is 0 Å². The van der Waals surface area contributed by atoms with Crippen LogP contribution in [-0.4, -0.2) is 75.8 Å². The standard InChI is InChI=1S/C118H192BN3/c1-7-27-75(28-8-1)77-55-61-91(62-56-77)120(92-63-57-78(58-64-92)76-29-9-2-10-30-76)93-73-110-116-111(74-93)122(118-96(81-35-15-5-16-36-81)47-26-48-97(118)82-37-17-6-18-38-82)109-72-86(90-68-88-44-24-52-101-99-50-20-40-84-42-22-54-103(113(84)99)105(70-90)115(88)101)60-66-107(109)119(116)106-65-59-85(89-67-87-43-23-51-100-98-49-19-39-83-41-21-53-102(112(83)98)104(69-89)114(87)100)71-108(106)121(110)117-94(79-31-11-3-12-32-79)45-25-46-95(117)80-33-13-4-14-34-80/h75-118H,1-74H2. The largest absolute Gasteiger partial charge is 0.295 e. The van der Waals surface area contributed by atoms with Gasteiger partial charge < -0.3 is 0 Å². The van der Waals surface area contributed by atoms with Crippen LogP contribution in [0.2, 0.25) is 17.5 Å². The Morgan fingerprint density at radius 2 is 0.418 bits per heavy atom. The van der Waals surface area contributed by atoms with E-state index in [1.54, 1.807) is 462 Å². The molecule has 0 N–H and O–H groups in total. The smallest absolute Gasteiger partial charge is 0.156 e. The molecule has 682 valence electrons. The SMILES string of the molecule is C1CCC(C2CCC(N(C3CCC(C4CCCCC4)CC3)C3CC4C5B(C6CCC(C7CC8CCCC9C%10CCCC%11CCCC(C(C7)C89)C%11%10)CC6N4C4C(C6CCCCC6)CCCC4C4CCCCC4)C4CCC(C6CC7CCCC8C9CCCC%10CCCC(C(C6)C78)C%109)CC4N(C4C(C6CCCCC6)CCCC4C4CCCCC4)C5C3)CC2)CC1. The number of rotatable bonds is 13.